The summed E-state index contributed by atoms with van der Waals surface area (Å²) in [5.41, 5.74) is 6.88. The van der Waals surface area contributed by atoms with E-state index in [1.165, 1.54) is 18.2 Å². The molecule has 2 aromatic carbocycles. The Bertz CT molecular complexity index is 650. The summed E-state index contributed by atoms with van der Waals surface area (Å²) in [6.45, 7) is 0. The van der Waals surface area contributed by atoms with Gasteiger partial charge in [0.05, 0.1) is 12.1 Å². The Morgan fingerprint density at radius 3 is 2.39 bits per heavy atom. The summed E-state index contributed by atoms with van der Waals surface area (Å²) < 4.78 is 42.0. The molecule has 0 bridgehead atoms. The molecule has 0 aromatic heterocycles. The molecule has 0 radical (unpaired) electrons. The molecule has 0 saturated heterocycles. The van der Waals surface area contributed by atoms with Gasteiger partial charge < -0.3 is 15.6 Å². The number of alkyl halides is 3. The Morgan fingerprint density at radius 1 is 1.13 bits per heavy atom. The van der Waals surface area contributed by atoms with Crippen LogP contribution in [0.3, 0.4) is 0 Å². The first-order chi connectivity index (χ1) is 10.8. The summed E-state index contributed by atoms with van der Waals surface area (Å²) in [5, 5.41) is 10.3. The zero-order valence-corrected chi connectivity index (χ0v) is 13.5. The molecule has 0 spiro atoms. The van der Waals surface area contributed by atoms with Crippen molar-refractivity contribution in [3.05, 3.63) is 64.1 Å². The van der Waals surface area contributed by atoms with Crippen molar-refractivity contribution in [3.8, 4) is 5.75 Å². The fourth-order valence-electron chi connectivity index (χ4n) is 2.19. The highest BCUT2D eigenvalue weighted by atomic mass is 79.9. The van der Waals surface area contributed by atoms with E-state index in [4.69, 9.17) is 5.73 Å². The molecule has 7 heteroatoms. The van der Waals surface area contributed by atoms with Gasteiger partial charge in [0, 0.05) is 16.5 Å². The number of aliphatic hydroxyl groups excluding tert-OH is 1. The van der Waals surface area contributed by atoms with Gasteiger partial charge in [0.15, 0.2) is 0 Å². The number of rotatable bonds is 5. The zero-order chi connectivity index (χ0) is 17.0. The molecule has 0 aliphatic carbocycles. The fraction of sp³-hybridized carbons (Fsp3) is 0.250. The van der Waals surface area contributed by atoms with Gasteiger partial charge in [0.25, 0.3) is 0 Å². The van der Waals surface area contributed by atoms with E-state index in [1.807, 2.05) is 30.3 Å². The van der Waals surface area contributed by atoms with Crippen LogP contribution in [0.15, 0.2) is 53.0 Å². The Labute approximate surface area is 140 Å². The number of hydrogen-bond donors (Lipinski definition) is 2. The van der Waals surface area contributed by atoms with Gasteiger partial charge in [-0.1, -0.05) is 46.3 Å². The van der Waals surface area contributed by atoms with Crippen LogP contribution in [-0.2, 0) is 6.42 Å². The van der Waals surface area contributed by atoms with E-state index < -0.39 is 24.3 Å². The van der Waals surface area contributed by atoms with Gasteiger partial charge in [0.1, 0.15) is 5.75 Å². The molecular formula is C16H15BrF3NO2. The predicted molar refractivity (Wildman–Crippen MR) is 83.9 cm³/mol. The first kappa shape index (κ1) is 17.8. The molecule has 23 heavy (non-hydrogen) atoms. The van der Waals surface area contributed by atoms with Gasteiger partial charge in [-0.3, -0.25) is 0 Å². The minimum Gasteiger partial charge on any atom is -0.405 e. The second kappa shape index (κ2) is 7.33. The third-order valence-corrected chi connectivity index (χ3v) is 3.75. The van der Waals surface area contributed by atoms with Gasteiger partial charge >= 0.3 is 6.36 Å². The highest BCUT2D eigenvalue weighted by Crippen LogP contribution is 2.33. The maximum atomic E-state index is 12.5. The molecule has 0 fully saturated rings. The summed E-state index contributed by atoms with van der Waals surface area (Å²) in [7, 11) is 0. The molecule has 0 saturated carbocycles. The summed E-state index contributed by atoms with van der Waals surface area (Å²) in [4.78, 5) is 0. The number of hydrogen-bond acceptors (Lipinski definition) is 3. The van der Waals surface area contributed by atoms with Crippen LogP contribution in [0.25, 0.3) is 0 Å². The van der Waals surface area contributed by atoms with E-state index in [1.54, 1.807) is 0 Å². The van der Waals surface area contributed by atoms with Gasteiger partial charge in [-0.25, -0.2) is 0 Å². The molecule has 0 unspecified atom stereocenters. The van der Waals surface area contributed by atoms with Crippen molar-refractivity contribution >= 4 is 15.9 Å². The number of halogens is 4. The van der Waals surface area contributed by atoms with Crippen molar-refractivity contribution in [2.75, 3.05) is 0 Å². The van der Waals surface area contributed by atoms with Gasteiger partial charge in [0.2, 0.25) is 0 Å². The quantitative estimate of drug-likeness (QED) is 0.813. The van der Waals surface area contributed by atoms with Crippen molar-refractivity contribution in [3.63, 3.8) is 0 Å². The Balaban J connectivity index is 2.23. The topological polar surface area (TPSA) is 55.5 Å². The lowest BCUT2D eigenvalue weighted by molar-refractivity contribution is -0.275. The monoisotopic (exact) mass is 389 g/mol. The molecule has 0 aliphatic rings. The van der Waals surface area contributed by atoms with Crippen LogP contribution >= 0.6 is 15.9 Å². The summed E-state index contributed by atoms with van der Waals surface area (Å²) in [6, 6.07) is 12.1. The zero-order valence-electron chi connectivity index (χ0n) is 11.9. The van der Waals surface area contributed by atoms with Crippen LogP contribution in [-0.4, -0.2) is 17.6 Å². The van der Waals surface area contributed by atoms with Crippen molar-refractivity contribution < 1.29 is 23.0 Å². The molecule has 0 heterocycles. The van der Waals surface area contributed by atoms with Crippen LogP contribution in [0, 0.1) is 0 Å². The van der Waals surface area contributed by atoms with Crippen LogP contribution in [0.1, 0.15) is 17.2 Å². The van der Waals surface area contributed by atoms with Crippen molar-refractivity contribution in [1.29, 1.82) is 0 Å². The lowest BCUT2D eigenvalue weighted by atomic mass is 9.96. The highest BCUT2D eigenvalue weighted by Gasteiger charge is 2.33. The Morgan fingerprint density at radius 2 is 1.78 bits per heavy atom. The smallest absolute Gasteiger partial charge is 0.405 e. The fourth-order valence-corrected chi connectivity index (χ4v) is 2.57. The van der Waals surface area contributed by atoms with E-state index in [2.05, 4.69) is 20.7 Å². The third kappa shape index (κ3) is 5.23. The molecule has 0 amide bonds. The van der Waals surface area contributed by atoms with E-state index in [0.717, 1.165) is 5.56 Å². The minimum atomic E-state index is -4.83. The largest absolute Gasteiger partial charge is 0.573 e. The van der Waals surface area contributed by atoms with Crippen LogP contribution < -0.4 is 10.5 Å². The van der Waals surface area contributed by atoms with Crippen LogP contribution in [0.2, 0.25) is 0 Å². The number of aliphatic hydroxyl groups is 1. The average Bonchev–Trinajstić information content (AvgIpc) is 2.48. The van der Waals surface area contributed by atoms with Gasteiger partial charge in [-0.2, -0.15) is 0 Å². The number of benzene rings is 2. The Hall–Kier alpha value is -1.57. The lowest BCUT2D eigenvalue weighted by Crippen LogP contribution is -2.29. The van der Waals surface area contributed by atoms with Gasteiger partial charge in [-0.15, -0.1) is 13.2 Å². The second-order valence-electron chi connectivity index (χ2n) is 5.01. The molecule has 124 valence electrons. The molecule has 3 N–H and O–H groups in total. The molecule has 3 nitrogen and oxygen atoms in total. The van der Waals surface area contributed by atoms with E-state index in [9.17, 15) is 18.3 Å². The second-order valence-corrected chi connectivity index (χ2v) is 5.93. The van der Waals surface area contributed by atoms with Crippen LogP contribution in [0.4, 0.5) is 13.2 Å². The van der Waals surface area contributed by atoms with Crippen molar-refractivity contribution in [2.45, 2.75) is 24.9 Å². The minimum absolute atomic E-state index is 0.0835. The number of nitrogens with two attached hydrogens (primary N) is 1. The van der Waals surface area contributed by atoms with E-state index >= 15 is 0 Å². The number of ether oxygens (including phenoxy) is 1. The highest BCUT2D eigenvalue weighted by molar-refractivity contribution is 9.10. The van der Waals surface area contributed by atoms with Crippen LogP contribution in [0.5, 0.6) is 5.75 Å². The first-order valence-corrected chi connectivity index (χ1v) is 7.58. The Kier molecular flexibility index (Phi) is 5.67. The lowest BCUT2D eigenvalue weighted by Gasteiger charge is -2.22. The summed E-state index contributed by atoms with van der Waals surface area (Å²) >= 11 is 3.19. The predicted octanol–water partition coefficient (Wildman–Crippen LogP) is 3.95. The molecular weight excluding hydrogens is 375 g/mol. The third-order valence-electron chi connectivity index (χ3n) is 3.26. The molecule has 2 aromatic rings. The maximum absolute atomic E-state index is 12.5. The maximum Gasteiger partial charge on any atom is 0.573 e. The normalized spacial score (nSPS) is 14.3. The molecule has 2 atom stereocenters. The average molecular weight is 390 g/mol. The standard InChI is InChI=1S/C16H15BrF3NO2/c17-11-6-7-14(23-16(18,19)20)12(9-11)15(21)13(22)8-10-4-2-1-3-5-10/h1-7,9,13,15,22H,8,21H2/t13-,15+/m1/s1. The van der Waals surface area contributed by atoms with Gasteiger partial charge in [-0.05, 0) is 23.8 Å². The summed E-state index contributed by atoms with van der Waals surface area (Å²) in [6.07, 6.45) is -5.66. The van der Waals surface area contributed by atoms with E-state index in [0.29, 0.717) is 4.47 Å². The first-order valence-electron chi connectivity index (χ1n) is 6.79. The SMILES string of the molecule is N[C@@H](c1cc(Br)ccc1OC(F)(F)F)[C@H](O)Cc1ccccc1. The molecule has 0 aliphatic heterocycles. The van der Waals surface area contributed by atoms with E-state index in [-0.39, 0.29) is 12.0 Å². The van der Waals surface area contributed by atoms with Crippen molar-refractivity contribution in [2.24, 2.45) is 5.73 Å². The van der Waals surface area contributed by atoms with Crippen molar-refractivity contribution in [1.82, 2.24) is 0 Å². The molecule has 2 rings (SSSR count). The summed E-state index contributed by atoms with van der Waals surface area (Å²) in [5.74, 6) is -0.416.